The van der Waals surface area contributed by atoms with Gasteiger partial charge in [0.05, 0.1) is 11.9 Å². The van der Waals surface area contributed by atoms with Crippen molar-refractivity contribution in [3.8, 4) is 17.0 Å². The Bertz CT molecular complexity index is 977. The van der Waals surface area contributed by atoms with Gasteiger partial charge in [0.15, 0.2) is 0 Å². The van der Waals surface area contributed by atoms with Crippen molar-refractivity contribution in [1.82, 2.24) is 9.97 Å². The lowest BCUT2D eigenvalue weighted by atomic mass is 10.0. The van der Waals surface area contributed by atoms with E-state index >= 15 is 0 Å². The van der Waals surface area contributed by atoms with Gasteiger partial charge in [-0.25, -0.2) is 4.98 Å². The molecular formula is C20H17N3O. The van der Waals surface area contributed by atoms with E-state index in [0.717, 1.165) is 27.6 Å². The number of hydrogen-bond acceptors (Lipinski definition) is 3. The molecule has 0 aliphatic rings. The van der Waals surface area contributed by atoms with Gasteiger partial charge in [0.2, 0.25) is 5.88 Å². The molecule has 0 saturated heterocycles. The van der Waals surface area contributed by atoms with Gasteiger partial charge in [0.25, 0.3) is 0 Å². The molecule has 0 bridgehead atoms. The molecule has 2 aromatic heterocycles. The predicted molar refractivity (Wildman–Crippen MR) is 96.7 cm³/mol. The number of aromatic nitrogens is 2. The van der Waals surface area contributed by atoms with Crippen LogP contribution in [0, 0.1) is 0 Å². The Hall–Kier alpha value is -3.27. The molecular weight excluding hydrogens is 298 g/mol. The highest BCUT2D eigenvalue weighted by Gasteiger charge is 2.12. The van der Waals surface area contributed by atoms with Gasteiger partial charge in [-0.1, -0.05) is 42.5 Å². The van der Waals surface area contributed by atoms with Crippen LogP contribution < -0.4 is 10.5 Å². The normalized spacial score (nSPS) is 10.8. The third kappa shape index (κ3) is 2.70. The topological polar surface area (TPSA) is 63.9 Å². The molecule has 0 saturated carbocycles. The summed E-state index contributed by atoms with van der Waals surface area (Å²) in [5.74, 6) is 0.585. The molecule has 24 heavy (non-hydrogen) atoms. The van der Waals surface area contributed by atoms with Gasteiger partial charge >= 0.3 is 0 Å². The molecule has 0 spiro atoms. The average Bonchev–Trinajstić information content (AvgIpc) is 3.10. The van der Waals surface area contributed by atoms with Gasteiger partial charge in [0.1, 0.15) is 6.61 Å². The summed E-state index contributed by atoms with van der Waals surface area (Å²) < 4.78 is 5.98. The number of aromatic amines is 1. The maximum atomic E-state index is 5.98. The zero-order valence-corrected chi connectivity index (χ0v) is 13.1. The van der Waals surface area contributed by atoms with Gasteiger partial charge in [-0.2, -0.15) is 0 Å². The first-order chi connectivity index (χ1) is 11.8. The van der Waals surface area contributed by atoms with Gasteiger partial charge in [-0.15, -0.1) is 0 Å². The highest BCUT2D eigenvalue weighted by Crippen LogP contribution is 2.35. The van der Waals surface area contributed by atoms with E-state index in [4.69, 9.17) is 10.5 Å². The average molecular weight is 315 g/mol. The summed E-state index contributed by atoms with van der Waals surface area (Å²) in [6, 6.07) is 20.1. The number of benzene rings is 2. The number of anilines is 1. The molecule has 2 aromatic carbocycles. The Labute approximate surface area is 139 Å². The molecule has 118 valence electrons. The van der Waals surface area contributed by atoms with Crippen LogP contribution in [-0.2, 0) is 6.61 Å². The predicted octanol–water partition coefficient (Wildman–Crippen LogP) is 4.39. The number of H-pyrrole nitrogens is 1. The summed E-state index contributed by atoms with van der Waals surface area (Å²) in [6.45, 7) is 0.466. The summed E-state index contributed by atoms with van der Waals surface area (Å²) in [6.07, 6.45) is 3.56. The number of pyridine rings is 1. The summed E-state index contributed by atoms with van der Waals surface area (Å²) >= 11 is 0. The van der Waals surface area contributed by atoms with E-state index in [1.54, 1.807) is 6.20 Å². The number of hydrogen-bond donors (Lipinski definition) is 2. The quantitative estimate of drug-likeness (QED) is 0.587. The lowest BCUT2D eigenvalue weighted by Crippen LogP contribution is -2.00. The fourth-order valence-corrected chi connectivity index (χ4v) is 2.82. The smallest absolute Gasteiger partial charge is 0.221 e. The number of fused-ring (bicyclic) bond motifs is 1. The second-order valence-corrected chi connectivity index (χ2v) is 5.64. The second-order valence-electron chi connectivity index (χ2n) is 5.64. The minimum Gasteiger partial charge on any atom is -0.472 e. The van der Waals surface area contributed by atoms with E-state index in [0.29, 0.717) is 18.2 Å². The number of nitrogens with two attached hydrogens (primary N) is 1. The first-order valence-corrected chi connectivity index (χ1v) is 7.80. The van der Waals surface area contributed by atoms with Crippen molar-refractivity contribution in [1.29, 1.82) is 0 Å². The van der Waals surface area contributed by atoms with Gasteiger partial charge in [0, 0.05) is 22.7 Å². The molecule has 2 heterocycles. The first-order valence-electron chi connectivity index (χ1n) is 7.80. The van der Waals surface area contributed by atoms with E-state index < -0.39 is 0 Å². The maximum Gasteiger partial charge on any atom is 0.221 e. The van der Waals surface area contributed by atoms with Crippen LogP contribution >= 0.6 is 0 Å². The molecule has 0 aliphatic carbocycles. The lowest BCUT2D eigenvalue weighted by Gasteiger charge is -2.12. The van der Waals surface area contributed by atoms with Crippen LogP contribution in [0.4, 0.5) is 5.69 Å². The number of nitrogens with zero attached hydrogens (tertiary/aromatic N) is 1. The first kappa shape index (κ1) is 14.3. The second kappa shape index (κ2) is 6.08. The number of nitrogen functional groups attached to an aromatic ring is 1. The van der Waals surface area contributed by atoms with Gasteiger partial charge in [-0.3, -0.25) is 0 Å². The van der Waals surface area contributed by atoms with Crippen molar-refractivity contribution >= 4 is 16.6 Å². The van der Waals surface area contributed by atoms with Crippen LogP contribution in [0.2, 0.25) is 0 Å². The fraction of sp³-hybridized carbons (Fsp3) is 0.0500. The highest BCUT2D eigenvalue weighted by molar-refractivity contribution is 5.96. The number of ether oxygens (including phenoxy) is 1. The minimum absolute atomic E-state index is 0.466. The standard InChI is InChI=1S/C20H17N3O/c21-15-11-18(16-7-4-8-19-17(16)9-10-22-19)20(23-12-15)24-13-14-5-2-1-3-6-14/h1-12,22H,13,21H2. The monoisotopic (exact) mass is 315 g/mol. The van der Waals surface area contributed by atoms with E-state index in [1.807, 2.05) is 54.7 Å². The zero-order valence-electron chi connectivity index (χ0n) is 13.1. The Morgan fingerprint density at radius 2 is 1.83 bits per heavy atom. The van der Waals surface area contributed by atoms with Crippen LogP contribution in [0.1, 0.15) is 5.56 Å². The molecule has 4 heteroatoms. The lowest BCUT2D eigenvalue weighted by molar-refractivity contribution is 0.295. The van der Waals surface area contributed by atoms with Crippen LogP contribution in [0.3, 0.4) is 0 Å². The fourth-order valence-electron chi connectivity index (χ4n) is 2.82. The molecule has 3 N–H and O–H groups in total. The van der Waals surface area contributed by atoms with Crippen molar-refractivity contribution in [2.45, 2.75) is 6.61 Å². The highest BCUT2D eigenvalue weighted by atomic mass is 16.5. The van der Waals surface area contributed by atoms with Crippen LogP contribution in [0.15, 0.2) is 73.1 Å². The minimum atomic E-state index is 0.466. The van der Waals surface area contributed by atoms with E-state index in [2.05, 4.69) is 22.1 Å². The maximum absolute atomic E-state index is 5.98. The summed E-state index contributed by atoms with van der Waals surface area (Å²) in [4.78, 5) is 7.63. The zero-order chi connectivity index (χ0) is 16.4. The molecule has 0 fully saturated rings. The molecule has 4 nitrogen and oxygen atoms in total. The SMILES string of the molecule is Nc1cnc(OCc2ccccc2)c(-c2cccc3[nH]ccc23)c1. The van der Waals surface area contributed by atoms with Crippen molar-refractivity contribution in [3.63, 3.8) is 0 Å². The van der Waals surface area contributed by atoms with Crippen LogP contribution in [0.25, 0.3) is 22.0 Å². The van der Waals surface area contributed by atoms with Crippen LogP contribution in [0.5, 0.6) is 5.88 Å². The number of rotatable bonds is 4. The Balaban J connectivity index is 1.75. The molecule has 0 amide bonds. The largest absolute Gasteiger partial charge is 0.472 e. The van der Waals surface area contributed by atoms with Crippen LogP contribution in [-0.4, -0.2) is 9.97 Å². The van der Waals surface area contributed by atoms with Crippen molar-refractivity contribution < 1.29 is 4.74 Å². The Morgan fingerprint density at radius 1 is 0.958 bits per heavy atom. The van der Waals surface area contributed by atoms with E-state index in [1.165, 1.54) is 0 Å². The van der Waals surface area contributed by atoms with Crippen molar-refractivity contribution in [2.75, 3.05) is 5.73 Å². The van der Waals surface area contributed by atoms with Gasteiger partial charge < -0.3 is 15.5 Å². The summed E-state index contributed by atoms with van der Waals surface area (Å²) in [5.41, 5.74) is 10.7. The van der Waals surface area contributed by atoms with Gasteiger partial charge in [-0.05, 0) is 29.3 Å². The third-order valence-corrected chi connectivity index (χ3v) is 3.98. The Morgan fingerprint density at radius 3 is 2.71 bits per heavy atom. The Kier molecular flexibility index (Phi) is 3.63. The molecule has 0 unspecified atom stereocenters. The van der Waals surface area contributed by atoms with Crippen molar-refractivity contribution in [2.24, 2.45) is 0 Å². The van der Waals surface area contributed by atoms with E-state index in [-0.39, 0.29) is 0 Å². The molecule has 0 radical (unpaired) electrons. The van der Waals surface area contributed by atoms with Crippen molar-refractivity contribution in [3.05, 3.63) is 78.6 Å². The number of nitrogens with one attached hydrogen (secondary N) is 1. The molecule has 4 aromatic rings. The molecule has 0 aliphatic heterocycles. The summed E-state index contributed by atoms with van der Waals surface area (Å²) in [5, 5.41) is 1.12. The molecule has 0 atom stereocenters. The summed E-state index contributed by atoms with van der Waals surface area (Å²) in [7, 11) is 0. The molecule has 4 rings (SSSR count). The third-order valence-electron chi connectivity index (χ3n) is 3.98. The van der Waals surface area contributed by atoms with E-state index in [9.17, 15) is 0 Å².